The van der Waals surface area contributed by atoms with Crippen LogP contribution in [0.3, 0.4) is 0 Å². The molecule has 0 bridgehead atoms. The molecule has 0 aromatic heterocycles. The van der Waals surface area contributed by atoms with Crippen molar-refractivity contribution >= 4 is 9.84 Å². The normalized spacial score (nSPS) is 20.6. The largest absolute Gasteiger partial charge is 0.389 e. The Morgan fingerprint density at radius 2 is 1.72 bits per heavy atom. The zero-order chi connectivity index (χ0) is 14.0. The topological polar surface area (TPSA) is 57.6 Å². The lowest BCUT2D eigenvalue weighted by atomic mass is 10.0. The highest BCUT2D eigenvalue weighted by molar-refractivity contribution is 7.92. The lowest BCUT2D eigenvalue weighted by Gasteiger charge is -2.29. The van der Waals surface area contributed by atoms with Crippen LogP contribution in [0.1, 0.15) is 46.5 Å². The van der Waals surface area contributed by atoms with Gasteiger partial charge in [-0.1, -0.05) is 12.8 Å². The first-order valence-corrected chi connectivity index (χ1v) is 8.34. The fourth-order valence-corrected chi connectivity index (χ4v) is 3.52. The van der Waals surface area contributed by atoms with E-state index >= 15 is 0 Å². The summed E-state index contributed by atoms with van der Waals surface area (Å²) < 4.78 is 23.3. The zero-order valence-corrected chi connectivity index (χ0v) is 12.9. The molecule has 18 heavy (non-hydrogen) atoms. The first-order valence-electron chi connectivity index (χ1n) is 6.69. The van der Waals surface area contributed by atoms with Crippen molar-refractivity contribution in [1.29, 1.82) is 0 Å². The van der Waals surface area contributed by atoms with Gasteiger partial charge in [0, 0.05) is 13.1 Å². The van der Waals surface area contributed by atoms with E-state index in [0.29, 0.717) is 13.1 Å². The van der Waals surface area contributed by atoms with Crippen LogP contribution in [0.15, 0.2) is 0 Å². The van der Waals surface area contributed by atoms with Gasteiger partial charge in [0.25, 0.3) is 0 Å². The molecule has 0 aromatic rings. The van der Waals surface area contributed by atoms with Crippen LogP contribution in [0.2, 0.25) is 0 Å². The van der Waals surface area contributed by atoms with Gasteiger partial charge < -0.3 is 10.0 Å². The highest BCUT2D eigenvalue weighted by atomic mass is 32.2. The van der Waals surface area contributed by atoms with Gasteiger partial charge in [-0.25, -0.2) is 8.42 Å². The van der Waals surface area contributed by atoms with Gasteiger partial charge in [-0.05, 0) is 40.7 Å². The van der Waals surface area contributed by atoms with E-state index in [2.05, 4.69) is 0 Å². The smallest absolute Gasteiger partial charge is 0.156 e. The van der Waals surface area contributed by atoms with E-state index in [1.807, 2.05) is 11.9 Å². The minimum Gasteiger partial charge on any atom is -0.389 e. The minimum absolute atomic E-state index is 0.156. The van der Waals surface area contributed by atoms with E-state index < -0.39 is 20.2 Å². The summed E-state index contributed by atoms with van der Waals surface area (Å²) in [6.07, 6.45) is 3.82. The molecule has 0 radical (unpaired) electrons. The zero-order valence-electron chi connectivity index (χ0n) is 12.1. The van der Waals surface area contributed by atoms with Crippen LogP contribution in [0.4, 0.5) is 0 Å². The molecule has 0 amide bonds. The highest BCUT2D eigenvalue weighted by Gasteiger charge is 2.33. The molecule has 0 unspecified atom stereocenters. The third-order valence-corrected chi connectivity index (χ3v) is 6.36. The Morgan fingerprint density at radius 3 is 2.17 bits per heavy atom. The lowest BCUT2D eigenvalue weighted by Crippen LogP contribution is -2.42. The minimum atomic E-state index is -3.07. The molecule has 0 spiro atoms. The molecule has 0 heterocycles. The summed E-state index contributed by atoms with van der Waals surface area (Å²) in [4.78, 5) is 1.94. The van der Waals surface area contributed by atoms with Crippen LogP contribution in [0, 0.1) is 0 Å². The average Bonchev–Trinajstić information content (AvgIpc) is 2.60. The molecule has 1 rings (SSSR count). The fraction of sp³-hybridized carbons (Fsp3) is 1.00. The van der Waals surface area contributed by atoms with Crippen molar-refractivity contribution in [2.45, 2.75) is 56.8 Å². The van der Waals surface area contributed by atoms with Crippen LogP contribution in [0.25, 0.3) is 0 Å². The third kappa shape index (κ3) is 4.21. The van der Waals surface area contributed by atoms with Crippen molar-refractivity contribution in [3.05, 3.63) is 0 Å². The molecule has 4 nitrogen and oxygen atoms in total. The maximum absolute atomic E-state index is 12.0. The van der Waals surface area contributed by atoms with Gasteiger partial charge in [0.2, 0.25) is 0 Å². The summed E-state index contributed by atoms with van der Waals surface area (Å²) in [6, 6.07) is 0. The predicted octanol–water partition coefficient (Wildman–Crippen LogP) is 1.44. The molecule has 0 saturated heterocycles. The third-order valence-electron chi connectivity index (χ3n) is 3.77. The molecule has 0 aromatic carbocycles. The molecule has 5 heteroatoms. The van der Waals surface area contributed by atoms with Crippen LogP contribution in [-0.4, -0.2) is 54.7 Å². The van der Waals surface area contributed by atoms with E-state index in [1.165, 1.54) is 0 Å². The molecule has 1 aliphatic carbocycles. The Bertz CT molecular complexity index is 364. The summed E-state index contributed by atoms with van der Waals surface area (Å²) in [5.74, 6) is 0.156. The quantitative estimate of drug-likeness (QED) is 0.826. The Balaban J connectivity index is 2.44. The molecule has 1 aliphatic rings. The van der Waals surface area contributed by atoms with Gasteiger partial charge in [0.1, 0.15) is 0 Å². The van der Waals surface area contributed by atoms with Crippen molar-refractivity contribution < 1.29 is 13.5 Å². The number of hydrogen-bond acceptors (Lipinski definition) is 4. The SMILES string of the molecule is CN(CCS(=O)(=O)C(C)(C)C)CC1(O)CCCC1. The standard InChI is InChI=1S/C13H27NO3S/c1-12(2,3)18(16,17)10-9-14(4)11-13(15)7-5-6-8-13/h15H,5-11H2,1-4H3. The molecular formula is C13H27NO3S. The van der Waals surface area contributed by atoms with E-state index in [0.717, 1.165) is 25.7 Å². The van der Waals surface area contributed by atoms with Crippen LogP contribution in [0.5, 0.6) is 0 Å². The molecule has 108 valence electrons. The molecule has 1 N–H and O–H groups in total. The Hall–Kier alpha value is -0.130. The van der Waals surface area contributed by atoms with Gasteiger partial charge >= 0.3 is 0 Å². The second-order valence-corrected chi connectivity index (χ2v) is 9.46. The van der Waals surface area contributed by atoms with E-state index in [1.54, 1.807) is 20.8 Å². The molecular weight excluding hydrogens is 250 g/mol. The summed E-state index contributed by atoms with van der Waals surface area (Å²) in [7, 11) is -1.19. The fourth-order valence-electron chi connectivity index (χ4n) is 2.35. The molecule has 1 saturated carbocycles. The number of hydrogen-bond donors (Lipinski definition) is 1. The Morgan fingerprint density at radius 1 is 1.22 bits per heavy atom. The number of nitrogens with zero attached hydrogens (tertiary/aromatic N) is 1. The van der Waals surface area contributed by atoms with E-state index in [-0.39, 0.29) is 5.75 Å². The number of sulfone groups is 1. The Labute approximate surface area is 111 Å². The monoisotopic (exact) mass is 277 g/mol. The number of aliphatic hydroxyl groups is 1. The number of rotatable bonds is 5. The lowest BCUT2D eigenvalue weighted by molar-refractivity contribution is 0.0178. The van der Waals surface area contributed by atoms with Crippen molar-refractivity contribution in [2.24, 2.45) is 0 Å². The van der Waals surface area contributed by atoms with Gasteiger partial charge in [-0.2, -0.15) is 0 Å². The Kier molecular flexibility index (Phi) is 4.84. The van der Waals surface area contributed by atoms with Crippen molar-refractivity contribution in [2.75, 3.05) is 25.9 Å². The van der Waals surface area contributed by atoms with Gasteiger partial charge in [0.05, 0.1) is 16.1 Å². The number of likely N-dealkylation sites (N-methyl/N-ethyl adjacent to an activating group) is 1. The van der Waals surface area contributed by atoms with Crippen LogP contribution >= 0.6 is 0 Å². The van der Waals surface area contributed by atoms with Gasteiger partial charge in [-0.3, -0.25) is 0 Å². The van der Waals surface area contributed by atoms with Crippen LogP contribution < -0.4 is 0 Å². The maximum Gasteiger partial charge on any atom is 0.156 e. The van der Waals surface area contributed by atoms with E-state index in [4.69, 9.17) is 0 Å². The highest BCUT2D eigenvalue weighted by Crippen LogP contribution is 2.29. The van der Waals surface area contributed by atoms with E-state index in [9.17, 15) is 13.5 Å². The van der Waals surface area contributed by atoms with Gasteiger partial charge in [0.15, 0.2) is 9.84 Å². The predicted molar refractivity (Wildman–Crippen MR) is 74.5 cm³/mol. The first kappa shape index (κ1) is 15.9. The second-order valence-electron chi connectivity index (χ2n) is 6.60. The van der Waals surface area contributed by atoms with Crippen LogP contribution in [-0.2, 0) is 9.84 Å². The molecule has 0 atom stereocenters. The second kappa shape index (κ2) is 5.47. The summed E-state index contributed by atoms with van der Waals surface area (Å²) in [6.45, 7) is 6.25. The molecule has 0 aliphatic heterocycles. The summed E-state index contributed by atoms with van der Waals surface area (Å²) >= 11 is 0. The first-order chi connectivity index (χ1) is 8.06. The van der Waals surface area contributed by atoms with Crippen molar-refractivity contribution in [3.63, 3.8) is 0 Å². The molecule has 1 fully saturated rings. The maximum atomic E-state index is 12.0. The van der Waals surface area contributed by atoms with Crippen molar-refractivity contribution in [1.82, 2.24) is 4.90 Å². The van der Waals surface area contributed by atoms with Gasteiger partial charge in [-0.15, -0.1) is 0 Å². The summed E-state index contributed by atoms with van der Waals surface area (Å²) in [5, 5.41) is 10.3. The summed E-state index contributed by atoms with van der Waals surface area (Å²) in [5.41, 5.74) is -0.597. The van der Waals surface area contributed by atoms with Crippen molar-refractivity contribution in [3.8, 4) is 0 Å². The average molecular weight is 277 g/mol.